The summed E-state index contributed by atoms with van der Waals surface area (Å²) in [5.41, 5.74) is 0.591. The van der Waals surface area contributed by atoms with Crippen LogP contribution in [0.5, 0.6) is 0 Å². The number of ether oxygens (including phenoxy) is 1. The van der Waals surface area contributed by atoms with Gasteiger partial charge in [-0.05, 0) is 49.4 Å². The van der Waals surface area contributed by atoms with Gasteiger partial charge in [-0.25, -0.2) is 13.2 Å². The number of sulfonamides is 1. The Hall–Kier alpha value is -1.48. The van der Waals surface area contributed by atoms with Crippen LogP contribution >= 0.6 is 0 Å². The number of carboxylic acids is 1. The molecule has 144 valence electrons. The van der Waals surface area contributed by atoms with Gasteiger partial charge in [-0.1, -0.05) is 0 Å². The fraction of sp³-hybridized carbons (Fsp3) is 0.611. The number of benzene rings is 1. The van der Waals surface area contributed by atoms with Crippen molar-refractivity contribution in [3.05, 3.63) is 29.3 Å². The average molecular weight is 382 g/mol. The highest BCUT2D eigenvalue weighted by Crippen LogP contribution is 2.26. The second-order valence-electron chi connectivity index (χ2n) is 7.07. The van der Waals surface area contributed by atoms with Gasteiger partial charge in [0.1, 0.15) is 0 Å². The molecule has 0 aromatic heterocycles. The first-order valence-electron chi connectivity index (χ1n) is 9.02. The minimum absolute atomic E-state index is 0.132. The maximum atomic E-state index is 13.0. The van der Waals surface area contributed by atoms with E-state index >= 15 is 0 Å². The van der Waals surface area contributed by atoms with Crippen LogP contribution < -0.4 is 0 Å². The fourth-order valence-corrected chi connectivity index (χ4v) is 5.37. The molecule has 7 nitrogen and oxygen atoms in total. The molecule has 0 spiro atoms. The number of carboxylic acid groups (broad SMARTS) is 1. The van der Waals surface area contributed by atoms with E-state index in [1.54, 1.807) is 11.2 Å². The summed E-state index contributed by atoms with van der Waals surface area (Å²) < 4.78 is 32.9. The van der Waals surface area contributed by atoms with Crippen LogP contribution in [0.15, 0.2) is 23.1 Å². The Morgan fingerprint density at radius 3 is 2.65 bits per heavy atom. The molecule has 0 aliphatic carbocycles. The van der Waals surface area contributed by atoms with Crippen LogP contribution in [0.1, 0.15) is 28.8 Å². The van der Waals surface area contributed by atoms with Crippen molar-refractivity contribution in [2.24, 2.45) is 5.92 Å². The SMILES string of the molecule is Cc1cc(S(=O)(=O)N2CCC[C@H](CN3CCOCC3)C2)ccc1C(=O)O. The Morgan fingerprint density at radius 2 is 2.00 bits per heavy atom. The van der Waals surface area contributed by atoms with E-state index < -0.39 is 16.0 Å². The zero-order chi connectivity index (χ0) is 18.7. The molecular formula is C18H26N2O5S. The van der Waals surface area contributed by atoms with Gasteiger partial charge in [0.15, 0.2) is 0 Å². The predicted octanol–water partition coefficient (Wildman–Crippen LogP) is 1.43. The Balaban J connectivity index is 1.72. The second-order valence-corrected chi connectivity index (χ2v) is 9.00. The highest BCUT2D eigenvalue weighted by atomic mass is 32.2. The maximum Gasteiger partial charge on any atom is 0.335 e. The molecule has 0 amide bonds. The molecule has 2 fully saturated rings. The molecule has 0 saturated carbocycles. The summed E-state index contributed by atoms with van der Waals surface area (Å²) in [6, 6.07) is 4.24. The van der Waals surface area contributed by atoms with Crippen molar-refractivity contribution < 1.29 is 23.1 Å². The van der Waals surface area contributed by atoms with Crippen molar-refractivity contribution in [3.8, 4) is 0 Å². The molecule has 0 bridgehead atoms. The van der Waals surface area contributed by atoms with Gasteiger partial charge in [0.25, 0.3) is 0 Å². The van der Waals surface area contributed by atoms with Crippen LogP contribution in [0.2, 0.25) is 0 Å². The molecule has 2 aliphatic rings. The van der Waals surface area contributed by atoms with E-state index in [1.807, 2.05) is 0 Å². The summed E-state index contributed by atoms with van der Waals surface area (Å²) >= 11 is 0. The number of nitrogens with zero attached hydrogens (tertiary/aromatic N) is 2. The summed E-state index contributed by atoms with van der Waals surface area (Å²) in [5, 5.41) is 9.13. The normalized spacial score (nSPS) is 23.0. The first kappa shape index (κ1) is 19.3. The van der Waals surface area contributed by atoms with Crippen LogP contribution in [-0.2, 0) is 14.8 Å². The lowest BCUT2D eigenvalue weighted by atomic mass is 9.99. The van der Waals surface area contributed by atoms with Gasteiger partial charge in [0.05, 0.1) is 23.7 Å². The van der Waals surface area contributed by atoms with Crippen molar-refractivity contribution in [1.82, 2.24) is 9.21 Å². The molecule has 0 unspecified atom stereocenters. The maximum absolute atomic E-state index is 13.0. The molecule has 1 aromatic rings. The van der Waals surface area contributed by atoms with E-state index in [1.165, 1.54) is 18.2 Å². The predicted molar refractivity (Wildman–Crippen MR) is 96.9 cm³/mol. The molecule has 8 heteroatoms. The van der Waals surface area contributed by atoms with Gasteiger partial charge in [-0.3, -0.25) is 4.90 Å². The number of aromatic carboxylic acids is 1. The van der Waals surface area contributed by atoms with Crippen LogP contribution in [0.4, 0.5) is 0 Å². The van der Waals surface area contributed by atoms with Crippen molar-refractivity contribution in [1.29, 1.82) is 0 Å². The van der Waals surface area contributed by atoms with Crippen molar-refractivity contribution in [2.45, 2.75) is 24.7 Å². The number of carbonyl (C=O) groups is 1. The van der Waals surface area contributed by atoms with E-state index in [9.17, 15) is 13.2 Å². The van der Waals surface area contributed by atoms with Gasteiger partial charge in [0.2, 0.25) is 10.0 Å². The quantitative estimate of drug-likeness (QED) is 0.829. The lowest BCUT2D eigenvalue weighted by molar-refractivity contribution is 0.0265. The topological polar surface area (TPSA) is 87.2 Å². The summed E-state index contributed by atoms with van der Waals surface area (Å²) in [6.07, 6.45) is 1.88. The van der Waals surface area contributed by atoms with E-state index in [0.29, 0.717) is 24.6 Å². The third-order valence-corrected chi connectivity index (χ3v) is 7.03. The summed E-state index contributed by atoms with van der Waals surface area (Å²) in [4.78, 5) is 13.7. The molecule has 1 atom stereocenters. The Labute approximate surface area is 154 Å². The van der Waals surface area contributed by atoms with Crippen LogP contribution in [0.3, 0.4) is 0 Å². The number of aryl methyl sites for hydroxylation is 1. The summed E-state index contributed by atoms with van der Waals surface area (Å²) in [5.74, 6) is -0.731. The van der Waals surface area contributed by atoms with Crippen LogP contribution in [0.25, 0.3) is 0 Å². The molecule has 2 aliphatic heterocycles. The van der Waals surface area contributed by atoms with Crippen molar-refractivity contribution >= 4 is 16.0 Å². The standard InChI is InChI=1S/C18H26N2O5S/c1-14-11-16(4-5-17(14)18(21)22)26(23,24)20-6-2-3-15(13-20)12-19-7-9-25-10-8-19/h4-5,11,15H,2-3,6-10,12-13H2,1H3,(H,21,22)/t15-/m1/s1. The smallest absolute Gasteiger partial charge is 0.335 e. The molecule has 3 rings (SSSR count). The van der Waals surface area contributed by atoms with Gasteiger partial charge in [-0.15, -0.1) is 0 Å². The minimum Gasteiger partial charge on any atom is -0.478 e. The molecule has 1 N–H and O–H groups in total. The molecule has 0 radical (unpaired) electrons. The van der Waals surface area contributed by atoms with Gasteiger partial charge in [0, 0.05) is 32.7 Å². The Bertz CT molecular complexity index is 759. The largest absolute Gasteiger partial charge is 0.478 e. The zero-order valence-electron chi connectivity index (χ0n) is 15.1. The number of hydrogen-bond donors (Lipinski definition) is 1. The fourth-order valence-electron chi connectivity index (χ4n) is 3.73. The Kier molecular flexibility index (Phi) is 5.96. The van der Waals surface area contributed by atoms with E-state index in [-0.39, 0.29) is 10.5 Å². The molecular weight excluding hydrogens is 356 g/mol. The van der Waals surface area contributed by atoms with E-state index in [0.717, 1.165) is 45.7 Å². The molecule has 1 aromatic carbocycles. The van der Waals surface area contributed by atoms with Gasteiger partial charge >= 0.3 is 5.97 Å². The highest BCUT2D eigenvalue weighted by molar-refractivity contribution is 7.89. The second kappa shape index (κ2) is 8.04. The van der Waals surface area contributed by atoms with Gasteiger partial charge in [-0.2, -0.15) is 4.31 Å². The Morgan fingerprint density at radius 1 is 1.27 bits per heavy atom. The molecule has 2 saturated heterocycles. The first-order valence-corrected chi connectivity index (χ1v) is 10.5. The number of rotatable bonds is 5. The third kappa shape index (κ3) is 4.25. The van der Waals surface area contributed by atoms with Crippen molar-refractivity contribution in [3.63, 3.8) is 0 Å². The number of morpholine rings is 1. The summed E-state index contributed by atoms with van der Waals surface area (Å²) in [7, 11) is -3.60. The first-order chi connectivity index (χ1) is 12.4. The number of piperidine rings is 1. The number of hydrogen-bond acceptors (Lipinski definition) is 5. The van der Waals surface area contributed by atoms with Gasteiger partial charge < -0.3 is 9.84 Å². The molecule has 2 heterocycles. The average Bonchev–Trinajstić information content (AvgIpc) is 2.62. The zero-order valence-corrected chi connectivity index (χ0v) is 15.9. The lowest BCUT2D eigenvalue weighted by Gasteiger charge is -2.36. The molecule has 26 heavy (non-hydrogen) atoms. The van der Waals surface area contributed by atoms with Crippen LogP contribution in [-0.4, -0.2) is 74.6 Å². The third-order valence-electron chi connectivity index (χ3n) is 5.17. The van der Waals surface area contributed by atoms with Crippen molar-refractivity contribution in [2.75, 3.05) is 45.9 Å². The van der Waals surface area contributed by atoms with E-state index in [4.69, 9.17) is 9.84 Å². The lowest BCUT2D eigenvalue weighted by Crippen LogP contribution is -2.46. The highest BCUT2D eigenvalue weighted by Gasteiger charge is 2.31. The van der Waals surface area contributed by atoms with E-state index in [2.05, 4.69) is 4.90 Å². The monoisotopic (exact) mass is 382 g/mol. The summed E-state index contributed by atoms with van der Waals surface area (Å²) in [6.45, 7) is 6.83. The van der Waals surface area contributed by atoms with Crippen LogP contribution in [0, 0.1) is 12.8 Å². The minimum atomic E-state index is -3.60.